The van der Waals surface area contributed by atoms with Gasteiger partial charge in [0.25, 0.3) is 0 Å². The molecule has 3 nitrogen and oxygen atoms in total. The highest BCUT2D eigenvalue weighted by atomic mass is 15.3. The second kappa shape index (κ2) is 5.75. The largest absolute Gasteiger partial charge is 0.327 e. The van der Waals surface area contributed by atoms with Crippen LogP contribution in [0.3, 0.4) is 0 Å². The van der Waals surface area contributed by atoms with Gasteiger partial charge in [0, 0.05) is 13.1 Å². The van der Waals surface area contributed by atoms with Crippen LogP contribution in [0.15, 0.2) is 12.2 Å². The molecule has 0 aromatic rings. The van der Waals surface area contributed by atoms with Crippen molar-refractivity contribution in [2.45, 2.75) is 6.42 Å². The van der Waals surface area contributed by atoms with Gasteiger partial charge in [0.1, 0.15) is 0 Å². The Bertz CT molecular complexity index is 80.4. The third-order valence-corrected chi connectivity index (χ3v) is 1.07. The van der Waals surface area contributed by atoms with Gasteiger partial charge in [-0.3, -0.25) is 10.9 Å². The molecular formula is C6H15N3. The van der Waals surface area contributed by atoms with Crippen molar-refractivity contribution in [2.75, 3.05) is 20.1 Å². The molecule has 0 unspecified atom stereocenters. The van der Waals surface area contributed by atoms with Gasteiger partial charge >= 0.3 is 0 Å². The number of nitrogens with two attached hydrogens (primary N) is 1. The molecule has 54 valence electrons. The summed E-state index contributed by atoms with van der Waals surface area (Å²) in [5.74, 6) is 0. The number of hydrogen-bond donors (Lipinski definition) is 3. The van der Waals surface area contributed by atoms with E-state index in [1.807, 2.05) is 7.05 Å². The SMILES string of the molecule is C=C(CN)CCNNC. The van der Waals surface area contributed by atoms with E-state index in [0.29, 0.717) is 6.54 Å². The van der Waals surface area contributed by atoms with Crippen LogP contribution in [0.2, 0.25) is 0 Å². The minimum atomic E-state index is 0.589. The molecule has 0 radical (unpaired) electrons. The average molecular weight is 129 g/mol. The minimum absolute atomic E-state index is 0.589. The zero-order chi connectivity index (χ0) is 7.11. The van der Waals surface area contributed by atoms with Crippen LogP contribution < -0.4 is 16.6 Å². The summed E-state index contributed by atoms with van der Waals surface area (Å²) < 4.78 is 0. The molecule has 0 aromatic heterocycles. The maximum absolute atomic E-state index is 5.31. The molecule has 0 fully saturated rings. The van der Waals surface area contributed by atoms with Gasteiger partial charge in [-0.05, 0) is 13.5 Å². The van der Waals surface area contributed by atoms with Crippen LogP contribution in [0.4, 0.5) is 0 Å². The second-order valence-electron chi connectivity index (χ2n) is 1.88. The standard InChI is InChI=1S/C6H15N3/c1-6(5-7)3-4-9-8-2/h8-9H,1,3-5,7H2,2H3. The summed E-state index contributed by atoms with van der Waals surface area (Å²) in [6.45, 7) is 5.24. The molecule has 4 N–H and O–H groups in total. The summed E-state index contributed by atoms with van der Waals surface area (Å²) in [4.78, 5) is 0. The Kier molecular flexibility index (Phi) is 5.51. The van der Waals surface area contributed by atoms with Crippen LogP contribution in [-0.4, -0.2) is 20.1 Å². The van der Waals surface area contributed by atoms with Crippen molar-refractivity contribution in [3.63, 3.8) is 0 Å². The lowest BCUT2D eigenvalue weighted by molar-refractivity contribution is 0.594. The summed E-state index contributed by atoms with van der Waals surface area (Å²) in [6, 6.07) is 0. The maximum atomic E-state index is 5.31. The Hall–Kier alpha value is -0.380. The fourth-order valence-corrected chi connectivity index (χ4v) is 0.466. The van der Waals surface area contributed by atoms with Crippen LogP contribution in [0.5, 0.6) is 0 Å². The van der Waals surface area contributed by atoms with Crippen molar-refractivity contribution in [3.8, 4) is 0 Å². The first kappa shape index (κ1) is 8.62. The van der Waals surface area contributed by atoms with E-state index in [9.17, 15) is 0 Å². The first-order valence-corrected chi connectivity index (χ1v) is 3.07. The first-order valence-electron chi connectivity index (χ1n) is 3.07. The fraction of sp³-hybridized carbons (Fsp3) is 0.667. The molecule has 0 saturated carbocycles. The van der Waals surface area contributed by atoms with Crippen LogP contribution in [-0.2, 0) is 0 Å². The van der Waals surface area contributed by atoms with Crippen LogP contribution in [0.1, 0.15) is 6.42 Å². The monoisotopic (exact) mass is 129 g/mol. The molecule has 0 rings (SSSR count). The Morgan fingerprint density at radius 2 is 2.33 bits per heavy atom. The second-order valence-corrected chi connectivity index (χ2v) is 1.88. The molecule has 3 heteroatoms. The van der Waals surface area contributed by atoms with Gasteiger partial charge in [-0.15, -0.1) is 0 Å². The van der Waals surface area contributed by atoms with E-state index in [1.54, 1.807) is 0 Å². The summed E-state index contributed by atoms with van der Waals surface area (Å²) in [5.41, 5.74) is 12.2. The van der Waals surface area contributed by atoms with Crippen LogP contribution in [0, 0.1) is 0 Å². The molecular weight excluding hydrogens is 114 g/mol. The summed E-state index contributed by atoms with van der Waals surface area (Å²) in [7, 11) is 1.84. The normalized spacial score (nSPS) is 9.56. The molecule has 9 heavy (non-hydrogen) atoms. The summed E-state index contributed by atoms with van der Waals surface area (Å²) in [5, 5.41) is 0. The lowest BCUT2D eigenvalue weighted by Crippen LogP contribution is -2.28. The maximum Gasteiger partial charge on any atom is 0.0137 e. The van der Waals surface area contributed by atoms with Gasteiger partial charge in [-0.1, -0.05) is 12.2 Å². The Labute approximate surface area is 56.3 Å². The number of nitrogens with one attached hydrogen (secondary N) is 2. The van der Waals surface area contributed by atoms with E-state index in [-0.39, 0.29) is 0 Å². The van der Waals surface area contributed by atoms with Crippen molar-refractivity contribution < 1.29 is 0 Å². The lowest BCUT2D eigenvalue weighted by atomic mass is 10.2. The van der Waals surface area contributed by atoms with Gasteiger partial charge in [0.15, 0.2) is 0 Å². The van der Waals surface area contributed by atoms with Gasteiger partial charge in [0.2, 0.25) is 0 Å². The van der Waals surface area contributed by atoms with Gasteiger partial charge in [-0.2, -0.15) is 0 Å². The van der Waals surface area contributed by atoms with Crippen molar-refractivity contribution in [1.29, 1.82) is 0 Å². The highest BCUT2D eigenvalue weighted by Crippen LogP contribution is 1.90. The molecule has 0 atom stereocenters. The van der Waals surface area contributed by atoms with Crippen molar-refractivity contribution in [3.05, 3.63) is 12.2 Å². The number of rotatable bonds is 5. The number of hydrogen-bond acceptors (Lipinski definition) is 3. The molecule has 0 heterocycles. The van der Waals surface area contributed by atoms with E-state index < -0.39 is 0 Å². The molecule has 0 bridgehead atoms. The zero-order valence-corrected chi connectivity index (χ0v) is 5.91. The van der Waals surface area contributed by atoms with E-state index in [1.165, 1.54) is 0 Å². The first-order chi connectivity index (χ1) is 4.31. The summed E-state index contributed by atoms with van der Waals surface area (Å²) >= 11 is 0. The highest BCUT2D eigenvalue weighted by molar-refractivity contribution is 4.95. The third kappa shape index (κ3) is 5.49. The van der Waals surface area contributed by atoms with E-state index >= 15 is 0 Å². The van der Waals surface area contributed by atoms with Crippen LogP contribution >= 0.6 is 0 Å². The van der Waals surface area contributed by atoms with E-state index in [0.717, 1.165) is 18.5 Å². The predicted octanol–water partition coefficient (Wildman–Crippen LogP) is -0.385. The minimum Gasteiger partial charge on any atom is -0.327 e. The highest BCUT2D eigenvalue weighted by Gasteiger charge is 1.87. The van der Waals surface area contributed by atoms with Gasteiger partial charge in [0.05, 0.1) is 0 Å². The third-order valence-electron chi connectivity index (χ3n) is 1.07. The molecule has 0 amide bonds. The number of hydrazine groups is 1. The predicted molar refractivity (Wildman–Crippen MR) is 39.9 cm³/mol. The molecule has 0 aliphatic carbocycles. The molecule has 0 aromatic carbocycles. The quantitative estimate of drug-likeness (QED) is 0.269. The summed E-state index contributed by atoms with van der Waals surface area (Å²) in [6.07, 6.45) is 0.942. The molecule has 0 aliphatic heterocycles. The Morgan fingerprint density at radius 3 is 2.78 bits per heavy atom. The van der Waals surface area contributed by atoms with E-state index in [4.69, 9.17) is 5.73 Å². The van der Waals surface area contributed by atoms with Gasteiger partial charge in [-0.25, -0.2) is 0 Å². The fourth-order valence-electron chi connectivity index (χ4n) is 0.466. The van der Waals surface area contributed by atoms with Crippen LogP contribution in [0.25, 0.3) is 0 Å². The molecule has 0 aliphatic rings. The lowest BCUT2D eigenvalue weighted by Gasteiger charge is -2.02. The Balaban J connectivity index is 2.97. The van der Waals surface area contributed by atoms with E-state index in [2.05, 4.69) is 17.4 Å². The van der Waals surface area contributed by atoms with Crippen molar-refractivity contribution in [1.82, 2.24) is 10.9 Å². The Morgan fingerprint density at radius 1 is 1.67 bits per heavy atom. The van der Waals surface area contributed by atoms with Crippen molar-refractivity contribution >= 4 is 0 Å². The zero-order valence-electron chi connectivity index (χ0n) is 5.91. The van der Waals surface area contributed by atoms with Gasteiger partial charge < -0.3 is 5.73 Å². The molecule has 0 saturated heterocycles. The average Bonchev–Trinajstić information content (AvgIpc) is 1.89. The topological polar surface area (TPSA) is 50.1 Å². The van der Waals surface area contributed by atoms with Crippen molar-refractivity contribution in [2.24, 2.45) is 5.73 Å². The smallest absolute Gasteiger partial charge is 0.0137 e. The molecule has 0 spiro atoms.